The third-order valence-electron chi connectivity index (χ3n) is 3.15. The van der Waals surface area contributed by atoms with Crippen LogP contribution in [0.5, 0.6) is 0 Å². The van der Waals surface area contributed by atoms with Gasteiger partial charge in [-0.05, 0) is 18.2 Å². The molecule has 8 heteroatoms. The SMILES string of the molecule is O=C(NC[C@]1(O)CCOC1)c1cc(Cl)cc(C(F)(F)F)c1. The Labute approximate surface area is 123 Å². The van der Waals surface area contributed by atoms with Crippen molar-refractivity contribution in [3.8, 4) is 0 Å². The molecule has 0 bridgehead atoms. The first-order chi connectivity index (χ1) is 9.70. The molecule has 1 saturated heterocycles. The Balaban J connectivity index is 2.10. The maximum Gasteiger partial charge on any atom is 0.416 e. The zero-order valence-corrected chi connectivity index (χ0v) is 11.6. The lowest BCUT2D eigenvalue weighted by molar-refractivity contribution is -0.137. The molecule has 116 valence electrons. The van der Waals surface area contributed by atoms with Crippen molar-refractivity contribution in [1.82, 2.24) is 5.32 Å². The fraction of sp³-hybridized carbons (Fsp3) is 0.462. The molecule has 2 N–H and O–H groups in total. The highest BCUT2D eigenvalue weighted by atomic mass is 35.5. The Kier molecular flexibility index (Phi) is 4.46. The highest BCUT2D eigenvalue weighted by molar-refractivity contribution is 6.31. The van der Waals surface area contributed by atoms with E-state index in [1.54, 1.807) is 0 Å². The van der Waals surface area contributed by atoms with E-state index in [2.05, 4.69) is 5.32 Å². The lowest BCUT2D eigenvalue weighted by Crippen LogP contribution is -2.43. The molecular formula is C13H13ClF3NO3. The van der Waals surface area contributed by atoms with Crippen molar-refractivity contribution in [2.45, 2.75) is 18.2 Å². The second-order valence-electron chi connectivity index (χ2n) is 4.94. The number of hydrogen-bond donors (Lipinski definition) is 2. The van der Waals surface area contributed by atoms with Gasteiger partial charge in [-0.25, -0.2) is 0 Å². The van der Waals surface area contributed by atoms with E-state index in [1.165, 1.54) is 0 Å². The van der Waals surface area contributed by atoms with Crippen LogP contribution in [0.3, 0.4) is 0 Å². The summed E-state index contributed by atoms with van der Waals surface area (Å²) in [5.41, 5.74) is -2.39. The van der Waals surface area contributed by atoms with Crippen LogP contribution in [0.25, 0.3) is 0 Å². The minimum atomic E-state index is -4.59. The highest BCUT2D eigenvalue weighted by Crippen LogP contribution is 2.31. The summed E-state index contributed by atoms with van der Waals surface area (Å²) in [6, 6.07) is 2.61. The van der Waals surface area contributed by atoms with Gasteiger partial charge in [-0.2, -0.15) is 13.2 Å². The van der Waals surface area contributed by atoms with E-state index in [9.17, 15) is 23.1 Å². The van der Waals surface area contributed by atoms with Crippen LogP contribution >= 0.6 is 11.6 Å². The number of ether oxygens (including phenoxy) is 1. The molecule has 1 aliphatic heterocycles. The number of carbonyl (C=O) groups is 1. The first-order valence-electron chi connectivity index (χ1n) is 6.16. The number of alkyl halides is 3. The van der Waals surface area contributed by atoms with Gasteiger partial charge in [-0.15, -0.1) is 0 Å². The van der Waals surface area contributed by atoms with Crippen molar-refractivity contribution < 1.29 is 27.8 Å². The fourth-order valence-corrected chi connectivity index (χ4v) is 2.20. The van der Waals surface area contributed by atoms with Crippen LogP contribution in [0, 0.1) is 0 Å². The molecule has 1 aliphatic rings. The van der Waals surface area contributed by atoms with Gasteiger partial charge in [-0.1, -0.05) is 11.6 Å². The maximum atomic E-state index is 12.7. The lowest BCUT2D eigenvalue weighted by Gasteiger charge is -2.20. The predicted molar refractivity (Wildman–Crippen MR) is 69.2 cm³/mol. The first kappa shape index (κ1) is 16.1. The minimum absolute atomic E-state index is 0.0800. The average Bonchev–Trinajstić information content (AvgIpc) is 2.82. The molecule has 0 radical (unpaired) electrons. The zero-order chi connectivity index (χ0) is 15.7. The third kappa shape index (κ3) is 4.09. The van der Waals surface area contributed by atoms with Crippen LogP contribution in [0.2, 0.25) is 5.02 Å². The van der Waals surface area contributed by atoms with E-state index >= 15 is 0 Å². The number of nitrogens with one attached hydrogen (secondary N) is 1. The Hall–Kier alpha value is -1.31. The normalized spacial score (nSPS) is 22.3. The Morgan fingerprint density at radius 2 is 2.14 bits per heavy atom. The van der Waals surface area contributed by atoms with Crippen molar-refractivity contribution in [2.75, 3.05) is 19.8 Å². The molecule has 0 spiro atoms. The molecule has 0 aromatic heterocycles. The fourth-order valence-electron chi connectivity index (χ4n) is 1.97. The summed E-state index contributed by atoms with van der Waals surface area (Å²) < 4.78 is 43.0. The van der Waals surface area contributed by atoms with Gasteiger partial charge in [0.2, 0.25) is 0 Å². The van der Waals surface area contributed by atoms with Crippen molar-refractivity contribution in [2.24, 2.45) is 0 Å². The molecular weight excluding hydrogens is 311 g/mol. The number of amides is 1. The highest BCUT2D eigenvalue weighted by Gasteiger charge is 2.34. The van der Waals surface area contributed by atoms with Gasteiger partial charge in [0.15, 0.2) is 0 Å². The number of rotatable bonds is 3. The van der Waals surface area contributed by atoms with Gasteiger partial charge < -0.3 is 15.2 Å². The predicted octanol–water partition coefficient (Wildman–Crippen LogP) is 2.24. The molecule has 1 fully saturated rings. The van der Waals surface area contributed by atoms with Gasteiger partial charge in [0.1, 0.15) is 5.60 Å². The topological polar surface area (TPSA) is 58.6 Å². The van der Waals surface area contributed by atoms with Crippen LogP contribution in [-0.2, 0) is 10.9 Å². The molecule has 1 atom stereocenters. The van der Waals surface area contributed by atoms with Crippen LogP contribution < -0.4 is 5.32 Å². The van der Waals surface area contributed by atoms with E-state index in [4.69, 9.17) is 16.3 Å². The summed E-state index contributed by atoms with van der Waals surface area (Å²) >= 11 is 5.61. The van der Waals surface area contributed by atoms with E-state index in [0.29, 0.717) is 13.0 Å². The monoisotopic (exact) mass is 323 g/mol. The van der Waals surface area contributed by atoms with Gasteiger partial charge in [-0.3, -0.25) is 4.79 Å². The van der Waals surface area contributed by atoms with Gasteiger partial charge >= 0.3 is 6.18 Å². The molecule has 2 rings (SSSR count). The molecule has 1 aromatic carbocycles. The summed E-state index contributed by atoms with van der Waals surface area (Å²) in [4.78, 5) is 11.9. The third-order valence-corrected chi connectivity index (χ3v) is 3.37. The summed E-state index contributed by atoms with van der Waals surface area (Å²) in [6.45, 7) is 0.359. The van der Waals surface area contributed by atoms with E-state index in [-0.39, 0.29) is 23.7 Å². The summed E-state index contributed by atoms with van der Waals surface area (Å²) in [5, 5.41) is 12.2. The smallest absolute Gasteiger partial charge is 0.386 e. The quantitative estimate of drug-likeness (QED) is 0.897. The van der Waals surface area contributed by atoms with Crippen molar-refractivity contribution in [3.63, 3.8) is 0 Å². The van der Waals surface area contributed by atoms with Crippen molar-refractivity contribution in [3.05, 3.63) is 34.3 Å². The Bertz CT molecular complexity index is 542. The molecule has 0 saturated carbocycles. The van der Waals surface area contributed by atoms with Gasteiger partial charge in [0.25, 0.3) is 5.91 Å². The lowest BCUT2D eigenvalue weighted by atomic mass is 10.0. The summed E-state index contributed by atoms with van der Waals surface area (Å²) in [7, 11) is 0. The minimum Gasteiger partial charge on any atom is -0.386 e. The van der Waals surface area contributed by atoms with Crippen LogP contribution in [0.4, 0.5) is 13.2 Å². The molecule has 4 nitrogen and oxygen atoms in total. The Morgan fingerprint density at radius 3 is 2.71 bits per heavy atom. The zero-order valence-electron chi connectivity index (χ0n) is 10.8. The Morgan fingerprint density at radius 1 is 1.43 bits per heavy atom. The molecule has 0 unspecified atom stereocenters. The summed E-state index contributed by atoms with van der Waals surface area (Å²) in [5.74, 6) is -0.733. The molecule has 0 aliphatic carbocycles. The average molecular weight is 324 g/mol. The standard InChI is InChI=1S/C13H13ClF3NO3/c14-10-4-8(3-9(5-10)13(15,16)17)11(19)18-6-12(20)1-2-21-7-12/h3-5,20H,1-2,6-7H2,(H,18,19)/t12-/m1/s1. The molecule has 1 aromatic rings. The number of halogens is 4. The second-order valence-corrected chi connectivity index (χ2v) is 5.37. The van der Waals surface area contributed by atoms with E-state index < -0.39 is 23.2 Å². The van der Waals surface area contributed by atoms with Gasteiger partial charge in [0, 0.05) is 30.2 Å². The number of hydrogen-bond acceptors (Lipinski definition) is 3. The number of aliphatic hydroxyl groups is 1. The van der Waals surface area contributed by atoms with E-state index in [0.717, 1.165) is 18.2 Å². The second kappa shape index (κ2) is 5.82. The number of benzene rings is 1. The maximum absolute atomic E-state index is 12.7. The molecule has 1 heterocycles. The van der Waals surface area contributed by atoms with Crippen molar-refractivity contribution >= 4 is 17.5 Å². The number of carbonyl (C=O) groups excluding carboxylic acids is 1. The van der Waals surface area contributed by atoms with Crippen molar-refractivity contribution in [1.29, 1.82) is 0 Å². The molecule has 1 amide bonds. The van der Waals surface area contributed by atoms with Gasteiger partial charge in [0.05, 0.1) is 12.2 Å². The van der Waals surface area contributed by atoms with Crippen LogP contribution in [-0.4, -0.2) is 36.4 Å². The van der Waals surface area contributed by atoms with Crippen LogP contribution in [0.1, 0.15) is 22.3 Å². The summed E-state index contributed by atoms with van der Waals surface area (Å²) in [6.07, 6.45) is -4.23. The van der Waals surface area contributed by atoms with Crippen LogP contribution in [0.15, 0.2) is 18.2 Å². The first-order valence-corrected chi connectivity index (χ1v) is 6.54. The molecule has 21 heavy (non-hydrogen) atoms. The largest absolute Gasteiger partial charge is 0.416 e. The van der Waals surface area contributed by atoms with E-state index in [1.807, 2.05) is 0 Å².